The van der Waals surface area contributed by atoms with Crippen LogP contribution in [0, 0.1) is 6.92 Å². The quantitative estimate of drug-likeness (QED) is 0.804. The summed E-state index contributed by atoms with van der Waals surface area (Å²) >= 11 is 1.38. The normalized spacial score (nSPS) is 12.6. The summed E-state index contributed by atoms with van der Waals surface area (Å²) in [5.74, 6) is 0.453. The molecule has 0 spiro atoms. The van der Waals surface area contributed by atoms with E-state index in [1.54, 1.807) is 25.1 Å². The van der Waals surface area contributed by atoms with Gasteiger partial charge in [0.05, 0.1) is 12.2 Å². The molecule has 0 radical (unpaired) electrons. The number of hydrogen-bond donors (Lipinski definition) is 1. The van der Waals surface area contributed by atoms with E-state index in [1.165, 1.54) is 11.3 Å². The topological polar surface area (TPSA) is 73.9 Å². The number of carbonyl (C=O) groups excluding carboxylic acids is 2. The molecule has 7 heteroatoms. The van der Waals surface area contributed by atoms with Gasteiger partial charge in [-0.1, -0.05) is 6.92 Å². The molecular formula is C19H21NO5S. The predicted molar refractivity (Wildman–Crippen MR) is 99.8 cm³/mol. The van der Waals surface area contributed by atoms with Gasteiger partial charge in [-0.15, -0.1) is 11.3 Å². The van der Waals surface area contributed by atoms with E-state index in [2.05, 4.69) is 5.32 Å². The Labute approximate surface area is 156 Å². The van der Waals surface area contributed by atoms with Crippen LogP contribution in [0.25, 0.3) is 0 Å². The number of anilines is 1. The standard InChI is InChI=1S/C19H21NO5S/c1-4-13-11(3)26-18(16(13)19(22)23-5-2)20-17(21)12-6-7-14-15(10-12)25-9-8-24-14/h6-7,10H,4-5,8-9H2,1-3H3,(H,20,21). The number of hydrogen-bond acceptors (Lipinski definition) is 6. The lowest BCUT2D eigenvalue weighted by Gasteiger charge is -2.18. The van der Waals surface area contributed by atoms with E-state index >= 15 is 0 Å². The van der Waals surface area contributed by atoms with Crippen molar-refractivity contribution >= 4 is 28.2 Å². The van der Waals surface area contributed by atoms with Crippen molar-refractivity contribution in [3.63, 3.8) is 0 Å². The third kappa shape index (κ3) is 3.53. The van der Waals surface area contributed by atoms with Gasteiger partial charge in [-0.3, -0.25) is 4.79 Å². The number of ether oxygens (including phenoxy) is 3. The van der Waals surface area contributed by atoms with Crippen LogP contribution in [0.15, 0.2) is 18.2 Å². The number of nitrogens with one attached hydrogen (secondary N) is 1. The van der Waals surface area contributed by atoms with Crippen molar-refractivity contribution in [3.8, 4) is 11.5 Å². The molecule has 6 nitrogen and oxygen atoms in total. The summed E-state index contributed by atoms with van der Waals surface area (Å²) in [6, 6.07) is 5.04. The molecule has 0 aliphatic carbocycles. The highest BCUT2D eigenvalue weighted by Crippen LogP contribution is 2.35. The zero-order chi connectivity index (χ0) is 18.7. The van der Waals surface area contributed by atoms with E-state index in [0.29, 0.717) is 47.3 Å². The first-order chi connectivity index (χ1) is 12.5. The number of thiophene rings is 1. The molecule has 1 aromatic heterocycles. The first-order valence-corrected chi connectivity index (χ1v) is 9.37. The van der Waals surface area contributed by atoms with Gasteiger partial charge in [0, 0.05) is 10.4 Å². The van der Waals surface area contributed by atoms with E-state index in [-0.39, 0.29) is 12.5 Å². The van der Waals surface area contributed by atoms with E-state index in [4.69, 9.17) is 14.2 Å². The summed E-state index contributed by atoms with van der Waals surface area (Å²) in [6.45, 7) is 6.91. The second-order valence-electron chi connectivity index (χ2n) is 5.73. The highest BCUT2D eigenvalue weighted by atomic mass is 32.1. The molecular weight excluding hydrogens is 354 g/mol. The fourth-order valence-corrected chi connectivity index (χ4v) is 4.00. The first kappa shape index (κ1) is 18.3. The fourth-order valence-electron chi connectivity index (χ4n) is 2.87. The molecule has 1 aliphatic heterocycles. The number of amides is 1. The molecule has 3 rings (SSSR count). The van der Waals surface area contributed by atoms with Gasteiger partial charge in [-0.05, 0) is 44.0 Å². The Kier molecular flexibility index (Phi) is 5.46. The number of esters is 1. The van der Waals surface area contributed by atoms with Crippen molar-refractivity contribution in [2.75, 3.05) is 25.1 Å². The van der Waals surface area contributed by atoms with E-state index < -0.39 is 5.97 Å². The second kappa shape index (κ2) is 7.78. The molecule has 138 valence electrons. The minimum atomic E-state index is -0.411. The van der Waals surface area contributed by atoms with Gasteiger partial charge in [0.2, 0.25) is 0 Å². The molecule has 0 unspecified atom stereocenters. The largest absolute Gasteiger partial charge is 0.486 e. The van der Waals surface area contributed by atoms with Crippen LogP contribution in [0.4, 0.5) is 5.00 Å². The van der Waals surface area contributed by atoms with Crippen LogP contribution in [0.5, 0.6) is 11.5 Å². The predicted octanol–water partition coefficient (Wildman–Crippen LogP) is 3.82. The Bertz CT molecular complexity index is 843. The maximum absolute atomic E-state index is 12.7. The van der Waals surface area contributed by atoms with E-state index in [1.807, 2.05) is 13.8 Å². The number of fused-ring (bicyclic) bond motifs is 1. The van der Waals surface area contributed by atoms with Gasteiger partial charge in [0.25, 0.3) is 5.91 Å². The lowest BCUT2D eigenvalue weighted by molar-refractivity contribution is 0.0527. The molecule has 1 aliphatic rings. The summed E-state index contributed by atoms with van der Waals surface area (Å²) in [7, 11) is 0. The summed E-state index contributed by atoms with van der Waals surface area (Å²) in [6.07, 6.45) is 0.691. The molecule has 2 aromatic rings. The van der Waals surface area contributed by atoms with Gasteiger partial charge in [-0.2, -0.15) is 0 Å². The number of benzene rings is 1. The summed E-state index contributed by atoms with van der Waals surface area (Å²) < 4.78 is 16.2. The Morgan fingerprint density at radius 3 is 2.62 bits per heavy atom. The smallest absolute Gasteiger partial charge is 0.341 e. The summed E-state index contributed by atoms with van der Waals surface area (Å²) in [5, 5.41) is 3.36. The molecule has 26 heavy (non-hydrogen) atoms. The highest BCUT2D eigenvalue weighted by Gasteiger charge is 2.24. The molecule has 0 fully saturated rings. The molecule has 1 amide bonds. The zero-order valence-corrected chi connectivity index (χ0v) is 15.8. The number of rotatable bonds is 5. The van der Waals surface area contributed by atoms with Gasteiger partial charge in [0.1, 0.15) is 18.2 Å². The number of aryl methyl sites for hydroxylation is 1. The van der Waals surface area contributed by atoms with Crippen molar-refractivity contribution in [1.82, 2.24) is 0 Å². The fraction of sp³-hybridized carbons (Fsp3) is 0.368. The SMILES string of the molecule is CCOC(=O)c1c(NC(=O)c2ccc3c(c2)OCCO3)sc(C)c1CC. The lowest BCUT2D eigenvalue weighted by Crippen LogP contribution is -2.18. The average molecular weight is 375 g/mol. The molecule has 0 bridgehead atoms. The molecule has 0 saturated carbocycles. The van der Waals surface area contributed by atoms with Crippen molar-refractivity contribution in [1.29, 1.82) is 0 Å². The minimum absolute atomic E-state index is 0.284. The second-order valence-corrected chi connectivity index (χ2v) is 6.95. The van der Waals surface area contributed by atoms with Crippen LogP contribution in [0.2, 0.25) is 0 Å². The molecule has 0 atom stereocenters. The van der Waals surface area contributed by atoms with Crippen LogP contribution in [0.3, 0.4) is 0 Å². The first-order valence-electron chi connectivity index (χ1n) is 8.55. The monoisotopic (exact) mass is 375 g/mol. The molecule has 1 aromatic carbocycles. The van der Waals surface area contributed by atoms with Crippen molar-refractivity contribution in [2.24, 2.45) is 0 Å². The van der Waals surface area contributed by atoms with Gasteiger partial charge in [0.15, 0.2) is 11.5 Å². The Morgan fingerprint density at radius 1 is 1.19 bits per heavy atom. The van der Waals surface area contributed by atoms with Crippen molar-refractivity contribution in [2.45, 2.75) is 27.2 Å². The Morgan fingerprint density at radius 2 is 1.92 bits per heavy atom. The average Bonchev–Trinajstić information content (AvgIpc) is 2.96. The van der Waals surface area contributed by atoms with Crippen LogP contribution >= 0.6 is 11.3 Å². The number of carbonyl (C=O) groups is 2. The third-order valence-electron chi connectivity index (χ3n) is 4.07. The third-order valence-corrected chi connectivity index (χ3v) is 5.14. The minimum Gasteiger partial charge on any atom is -0.486 e. The lowest BCUT2D eigenvalue weighted by atomic mass is 10.1. The van der Waals surface area contributed by atoms with Crippen LogP contribution in [-0.4, -0.2) is 31.7 Å². The van der Waals surface area contributed by atoms with Crippen LogP contribution in [0.1, 0.15) is 45.0 Å². The van der Waals surface area contributed by atoms with Crippen LogP contribution in [-0.2, 0) is 11.2 Å². The van der Waals surface area contributed by atoms with Gasteiger partial charge >= 0.3 is 5.97 Å². The maximum Gasteiger partial charge on any atom is 0.341 e. The van der Waals surface area contributed by atoms with Crippen molar-refractivity contribution < 1.29 is 23.8 Å². The molecule has 1 N–H and O–H groups in total. The zero-order valence-electron chi connectivity index (χ0n) is 15.0. The Hall–Kier alpha value is -2.54. The Balaban J connectivity index is 1.88. The maximum atomic E-state index is 12.7. The van der Waals surface area contributed by atoms with Gasteiger partial charge < -0.3 is 19.5 Å². The summed E-state index contributed by atoms with van der Waals surface area (Å²) in [4.78, 5) is 26.0. The van der Waals surface area contributed by atoms with Crippen LogP contribution < -0.4 is 14.8 Å². The van der Waals surface area contributed by atoms with Gasteiger partial charge in [-0.25, -0.2) is 4.79 Å². The summed E-state index contributed by atoms with van der Waals surface area (Å²) in [5.41, 5.74) is 1.79. The van der Waals surface area contributed by atoms with E-state index in [9.17, 15) is 9.59 Å². The molecule has 2 heterocycles. The van der Waals surface area contributed by atoms with E-state index in [0.717, 1.165) is 10.4 Å². The highest BCUT2D eigenvalue weighted by molar-refractivity contribution is 7.16. The molecule has 0 saturated heterocycles. The van der Waals surface area contributed by atoms with Crippen molar-refractivity contribution in [3.05, 3.63) is 39.8 Å².